The third-order valence-corrected chi connectivity index (χ3v) is 5.30. The summed E-state index contributed by atoms with van der Waals surface area (Å²) >= 11 is 5.11. The van der Waals surface area contributed by atoms with Crippen molar-refractivity contribution in [2.75, 3.05) is 6.54 Å². The zero-order valence-corrected chi connectivity index (χ0v) is 13.6. The van der Waals surface area contributed by atoms with Crippen LogP contribution in [0.15, 0.2) is 34.1 Å². The Hall–Kier alpha value is -1.20. The second-order valence-corrected chi connectivity index (χ2v) is 6.71. The number of nitrogens with zero attached hydrogens (tertiary/aromatic N) is 2. The number of thiazole rings is 1. The molecule has 2 heterocycles. The Kier molecular flexibility index (Phi) is 3.89. The van der Waals surface area contributed by atoms with E-state index in [4.69, 9.17) is 0 Å². The molecule has 1 unspecified atom stereocenters. The van der Waals surface area contributed by atoms with E-state index in [9.17, 15) is 4.79 Å². The van der Waals surface area contributed by atoms with Crippen LogP contribution in [0.25, 0.3) is 0 Å². The van der Waals surface area contributed by atoms with E-state index in [1.54, 1.807) is 11.3 Å². The van der Waals surface area contributed by atoms with Crippen molar-refractivity contribution in [3.63, 3.8) is 0 Å². The Morgan fingerprint density at radius 2 is 2.25 bits per heavy atom. The summed E-state index contributed by atoms with van der Waals surface area (Å²) < 4.78 is 0.853. The van der Waals surface area contributed by atoms with Crippen molar-refractivity contribution in [1.82, 2.24) is 9.88 Å². The average Bonchev–Trinajstić information content (AvgIpc) is 3.06. The van der Waals surface area contributed by atoms with Gasteiger partial charge in [-0.05, 0) is 47.8 Å². The summed E-state index contributed by atoms with van der Waals surface area (Å²) in [5.74, 6) is 0.0906. The molecule has 1 aliphatic heterocycles. The van der Waals surface area contributed by atoms with Crippen molar-refractivity contribution in [2.24, 2.45) is 0 Å². The molecule has 0 spiro atoms. The van der Waals surface area contributed by atoms with Gasteiger partial charge in [0.25, 0.3) is 5.91 Å². The highest BCUT2D eigenvalue weighted by Gasteiger charge is 2.32. The average molecular weight is 351 g/mol. The molecule has 1 saturated heterocycles. The minimum atomic E-state index is 0.0906. The number of aromatic nitrogens is 1. The number of carbonyl (C=O) groups excluding carboxylic acids is 1. The van der Waals surface area contributed by atoms with Gasteiger partial charge in [-0.3, -0.25) is 4.79 Å². The molecule has 5 heteroatoms. The molecular weight excluding hydrogens is 336 g/mol. The van der Waals surface area contributed by atoms with Crippen molar-refractivity contribution >= 4 is 33.2 Å². The number of aryl methyl sites for hydroxylation is 1. The van der Waals surface area contributed by atoms with E-state index in [-0.39, 0.29) is 11.9 Å². The molecule has 0 aliphatic carbocycles. The van der Waals surface area contributed by atoms with Crippen LogP contribution in [0.2, 0.25) is 0 Å². The summed E-state index contributed by atoms with van der Waals surface area (Å²) in [6.45, 7) is 2.80. The predicted octanol–water partition coefficient (Wildman–Crippen LogP) is 4.19. The third-order valence-electron chi connectivity index (χ3n) is 3.54. The molecule has 1 aliphatic rings. The van der Waals surface area contributed by atoms with Gasteiger partial charge in [0.2, 0.25) is 0 Å². The molecule has 0 N–H and O–H groups in total. The van der Waals surface area contributed by atoms with Crippen molar-refractivity contribution in [2.45, 2.75) is 25.8 Å². The van der Waals surface area contributed by atoms with E-state index in [1.165, 1.54) is 0 Å². The first-order chi connectivity index (χ1) is 9.66. The fourth-order valence-corrected chi connectivity index (χ4v) is 3.98. The zero-order chi connectivity index (χ0) is 14.1. The van der Waals surface area contributed by atoms with Crippen LogP contribution in [0.4, 0.5) is 0 Å². The first-order valence-corrected chi connectivity index (χ1v) is 8.31. The summed E-state index contributed by atoms with van der Waals surface area (Å²) in [6, 6.07) is 7.73. The van der Waals surface area contributed by atoms with E-state index in [1.807, 2.05) is 36.1 Å². The molecule has 2 aromatic rings. The minimum absolute atomic E-state index is 0.0906. The number of rotatable bonds is 2. The monoisotopic (exact) mass is 350 g/mol. The smallest absolute Gasteiger partial charge is 0.255 e. The van der Waals surface area contributed by atoms with Crippen molar-refractivity contribution < 1.29 is 4.79 Å². The van der Waals surface area contributed by atoms with Gasteiger partial charge in [0, 0.05) is 22.1 Å². The SMILES string of the molecule is Cc1csc(C2CCCN2C(=O)c2ccccc2Br)n1. The largest absolute Gasteiger partial charge is 0.329 e. The first kappa shape index (κ1) is 13.8. The van der Waals surface area contributed by atoms with Gasteiger partial charge in [-0.25, -0.2) is 4.98 Å². The van der Waals surface area contributed by atoms with E-state index in [0.717, 1.165) is 40.1 Å². The predicted molar refractivity (Wildman–Crippen MR) is 84.0 cm³/mol. The molecule has 0 radical (unpaired) electrons. The normalized spacial score (nSPS) is 18.5. The Morgan fingerprint density at radius 1 is 1.45 bits per heavy atom. The summed E-state index contributed by atoms with van der Waals surface area (Å²) in [6.07, 6.45) is 2.04. The second kappa shape index (κ2) is 5.66. The van der Waals surface area contributed by atoms with Gasteiger partial charge in [-0.1, -0.05) is 12.1 Å². The highest BCUT2D eigenvalue weighted by Crippen LogP contribution is 2.35. The Labute approximate surface area is 130 Å². The summed E-state index contributed by atoms with van der Waals surface area (Å²) in [4.78, 5) is 19.2. The molecule has 0 bridgehead atoms. The van der Waals surface area contributed by atoms with Gasteiger partial charge >= 0.3 is 0 Å². The van der Waals surface area contributed by atoms with Crippen LogP contribution in [0.1, 0.15) is 39.9 Å². The van der Waals surface area contributed by atoms with Crippen molar-refractivity contribution in [3.05, 3.63) is 50.4 Å². The standard InChI is InChI=1S/C15H15BrN2OS/c1-10-9-20-14(17-10)13-7-4-8-18(13)15(19)11-5-2-3-6-12(11)16/h2-3,5-6,9,13H,4,7-8H2,1H3. The molecular formula is C15H15BrN2OS. The molecule has 1 fully saturated rings. The molecule has 20 heavy (non-hydrogen) atoms. The molecule has 104 valence electrons. The maximum atomic E-state index is 12.7. The lowest BCUT2D eigenvalue weighted by molar-refractivity contribution is 0.0734. The zero-order valence-electron chi connectivity index (χ0n) is 11.2. The number of hydrogen-bond acceptors (Lipinski definition) is 3. The lowest BCUT2D eigenvalue weighted by atomic mass is 10.1. The number of carbonyl (C=O) groups is 1. The minimum Gasteiger partial charge on any atom is -0.329 e. The summed E-state index contributed by atoms with van der Waals surface area (Å²) in [7, 11) is 0. The highest BCUT2D eigenvalue weighted by molar-refractivity contribution is 9.10. The molecule has 3 nitrogen and oxygen atoms in total. The molecule has 3 rings (SSSR count). The van der Waals surface area contributed by atoms with Gasteiger partial charge in [0.1, 0.15) is 5.01 Å². The summed E-state index contributed by atoms with van der Waals surface area (Å²) in [5, 5.41) is 3.11. The van der Waals surface area contributed by atoms with Crippen molar-refractivity contribution in [1.29, 1.82) is 0 Å². The van der Waals surface area contributed by atoms with Gasteiger partial charge in [0.15, 0.2) is 0 Å². The topological polar surface area (TPSA) is 33.2 Å². The number of benzene rings is 1. The number of hydrogen-bond donors (Lipinski definition) is 0. The number of likely N-dealkylation sites (tertiary alicyclic amines) is 1. The maximum absolute atomic E-state index is 12.7. The Balaban J connectivity index is 1.89. The van der Waals surface area contributed by atoms with Crippen LogP contribution in [-0.4, -0.2) is 22.3 Å². The van der Waals surface area contributed by atoms with E-state index in [2.05, 4.69) is 26.3 Å². The maximum Gasteiger partial charge on any atom is 0.255 e. The van der Waals surface area contributed by atoms with Gasteiger partial charge in [-0.2, -0.15) is 0 Å². The number of amides is 1. The molecule has 0 saturated carbocycles. The molecule has 1 aromatic heterocycles. The van der Waals surface area contributed by atoms with Crippen LogP contribution >= 0.6 is 27.3 Å². The molecule has 1 amide bonds. The fourth-order valence-electron chi connectivity index (χ4n) is 2.58. The van der Waals surface area contributed by atoms with Crippen LogP contribution < -0.4 is 0 Å². The summed E-state index contributed by atoms with van der Waals surface area (Å²) in [5.41, 5.74) is 1.76. The first-order valence-electron chi connectivity index (χ1n) is 6.64. The van der Waals surface area contributed by atoms with E-state index < -0.39 is 0 Å². The van der Waals surface area contributed by atoms with Gasteiger partial charge < -0.3 is 4.90 Å². The third kappa shape index (κ3) is 2.52. The highest BCUT2D eigenvalue weighted by atomic mass is 79.9. The Morgan fingerprint density at radius 3 is 2.95 bits per heavy atom. The van der Waals surface area contributed by atoms with Crippen LogP contribution in [-0.2, 0) is 0 Å². The lowest BCUT2D eigenvalue weighted by Crippen LogP contribution is -2.30. The number of halogens is 1. The Bertz CT molecular complexity index is 640. The van der Waals surface area contributed by atoms with Crippen LogP contribution in [0.5, 0.6) is 0 Å². The van der Waals surface area contributed by atoms with Crippen LogP contribution in [0, 0.1) is 6.92 Å². The van der Waals surface area contributed by atoms with Crippen molar-refractivity contribution in [3.8, 4) is 0 Å². The van der Waals surface area contributed by atoms with Gasteiger partial charge in [0.05, 0.1) is 11.6 Å². The fraction of sp³-hybridized carbons (Fsp3) is 0.333. The van der Waals surface area contributed by atoms with Gasteiger partial charge in [-0.15, -0.1) is 11.3 Å². The van der Waals surface area contributed by atoms with Crippen LogP contribution in [0.3, 0.4) is 0 Å². The van der Waals surface area contributed by atoms with E-state index >= 15 is 0 Å². The molecule has 1 atom stereocenters. The quantitative estimate of drug-likeness (QED) is 0.813. The second-order valence-electron chi connectivity index (χ2n) is 4.96. The van der Waals surface area contributed by atoms with E-state index in [0.29, 0.717) is 0 Å². The lowest BCUT2D eigenvalue weighted by Gasteiger charge is -2.23. The molecule has 1 aromatic carbocycles.